The van der Waals surface area contributed by atoms with Gasteiger partial charge in [0.05, 0.1) is 17.4 Å². The van der Waals surface area contributed by atoms with Crippen molar-refractivity contribution in [2.45, 2.75) is 38.5 Å². The Bertz CT molecular complexity index is 708. The van der Waals surface area contributed by atoms with Crippen LogP contribution in [0.15, 0.2) is 17.0 Å². The molecule has 0 unspecified atom stereocenters. The summed E-state index contributed by atoms with van der Waals surface area (Å²) in [5.74, 6) is -0.416. The lowest BCUT2D eigenvalue weighted by atomic mass is 9.99. The first-order chi connectivity index (χ1) is 11.8. The molecule has 2 rings (SSSR count). The van der Waals surface area contributed by atoms with E-state index in [0.717, 1.165) is 16.7 Å². The van der Waals surface area contributed by atoms with Gasteiger partial charge >= 0.3 is 0 Å². The van der Waals surface area contributed by atoms with Gasteiger partial charge in [-0.05, 0) is 44.7 Å². The van der Waals surface area contributed by atoms with Crippen molar-refractivity contribution in [1.29, 1.82) is 0 Å². The molecule has 1 aromatic carbocycles. The van der Waals surface area contributed by atoms with Gasteiger partial charge in [-0.25, -0.2) is 8.42 Å². The zero-order valence-corrected chi connectivity index (χ0v) is 16.3. The van der Waals surface area contributed by atoms with Gasteiger partial charge in [-0.15, -0.1) is 0 Å². The number of hydrogen-bond donors (Lipinski definition) is 1. The molecule has 6 nitrogen and oxygen atoms in total. The molecule has 140 valence electrons. The zero-order valence-electron chi connectivity index (χ0n) is 15.5. The van der Waals surface area contributed by atoms with Crippen LogP contribution >= 0.6 is 0 Å². The number of hydrogen-bond acceptors (Lipinski definition) is 4. The van der Waals surface area contributed by atoms with Crippen LogP contribution in [0.4, 0.5) is 0 Å². The number of sulfonamides is 1. The Morgan fingerprint density at radius 1 is 1.28 bits per heavy atom. The number of aryl methyl sites for hydroxylation is 3. The SMILES string of the molecule is COCCNC(=O)[C@@H]1CCCN(S(=O)(=O)c2c(C)cc(C)cc2C)C1. The smallest absolute Gasteiger partial charge is 0.243 e. The van der Waals surface area contributed by atoms with Crippen molar-refractivity contribution in [3.8, 4) is 0 Å². The molecular weight excluding hydrogens is 340 g/mol. The Morgan fingerprint density at radius 2 is 1.92 bits per heavy atom. The van der Waals surface area contributed by atoms with Gasteiger partial charge in [0.25, 0.3) is 0 Å². The number of rotatable bonds is 6. The van der Waals surface area contributed by atoms with E-state index in [0.29, 0.717) is 37.4 Å². The Hall–Kier alpha value is -1.44. The van der Waals surface area contributed by atoms with E-state index in [1.54, 1.807) is 7.11 Å². The molecule has 1 aromatic rings. The van der Waals surface area contributed by atoms with Gasteiger partial charge in [0, 0.05) is 26.7 Å². The van der Waals surface area contributed by atoms with Crippen molar-refractivity contribution < 1.29 is 17.9 Å². The number of ether oxygens (including phenoxy) is 1. The summed E-state index contributed by atoms with van der Waals surface area (Å²) in [5, 5.41) is 2.81. The molecule has 0 spiro atoms. The van der Waals surface area contributed by atoms with Crippen LogP contribution in [0.1, 0.15) is 29.5 Å². The van der Waals surface area contributed by atoms with Crippen molar-refractivity contribution >= 4 is 15.9 Å². The Labute approximate surface area is 150 Å². The van der Waals surface area contributed by atoms with Crippen LogP contribution in [0, 0.1) is 26.7 Å². The summed E-state index contributed by atoms with van der Waals surface area (Å²) in [7, 11) is -2.03. The Morgan fingerprint density at radius 3 is 2.52 bits per heavy atom. The van der Waals surface area contributed by atoms with Crippen LogP contribution in [0.25, 0.3) is 0 Å². The summed E-state index contributed by atoms with van der Waals surface area (Å²) in [6.07, 6.45) is 1.39. The van der Waals surface area contributed by atoms with Crippen LogP contribution in [0.5, 0.6) is 0 Å². The third-order valence-corrected chi connectivity index (χ3v) is 6.73. The average molecular weight is 368 g/mol. The maximum Gasteiger partial charge on any atom is 0.243 e. The second-order valence-electron chi connectivity index (χ2n) is 6.71. The molecule has 1 N–H and O–H groups in total. The molecule has 1 heterocycles. The molecule has 0 radical (unpaired) electrons. The predicted molar refractivity (Wildman–Crippen MR) is 97.0 cm³/mol. The lowest BCUT2D eigenvalue weighted by Gasteiger charge is -2.32. The highest BCUT2D eigenvalue weighted by atomic mass is 32.2. The van der Waals surface area contributed by atoms with Crippen molar-refractivity contribution in [2.75, 3.05) is 33.4 Å². The topological polar surface area (TPSA) is 75.7 Å². The second kappa shape index (κ2) is 8.29. The van der Waals surface area contributed by atoms with Crippen LogP contribution in [0.2, 0.25) is 0 Å². The van der Waals surface area contributed by atoms with Gasteiger partial charge in [-0.3, -0.25) is 4.79 Å². The van der Waals surface area contributed by atoms with E-state index in [1.165, 1.54) is 4.31 Å². The fourth-order valence-corrected chi connectivity index (χ4v) is 5.43. The molecule has 0 saturated carbocycles. The quantitative estimate of drug-likeness (QED) is 0.777. The number of carbonyl (C=O) groups excluding carboxylic acids is 1. The summed E-state index contributed by atoms with van der Waals surface area (Å²) in [5.41, 5.74) is 2.55. The highest BCUT2D eigenvalue weighted by Crippen LogP contribution is 2.28. The van der Waals surface area contributed by atoms with E-state index in [9.17, 15) is 13.2 Å². The van der Waals surface area contributed by atoms with Gasteiger partial charge in [-0.2, -0.15) is 4.31 Å². The highest BCUT2D eigenvalue weighted by Gasteiger charge is 2.34. The zero-order chi connectivity index (χ0) is 18.6. The summed E-state index contributed by atoms with van der Waals surface area (Å²) < 4.78 is 32.7. The van der Waals surface area contributed by atoms with Crippen LogP contribution in [0.3, 0.4) is 0 Å². The van der Waals surface area contributed by atoms with Gasteiger partial charge in [0.2, 0.25) is 15.9 Å². The Balaban J connectivity index is 2.19. The lowest BCUT2D eigenvalue weighted by Crippen LogP contribution is -2.46. The van der Waals surface area contributed by atoms with E-state index < -0.39 is 10.0 Å². The molecule has 1 atom stereocenters. The van der Waals surface area contributed by atoms with Crippen molar-refractivity contribution in [3.05, 3.63) is 28.8 Å². The number of piperidine rings is 1. The fourth-order valence-electron chi connectivity index (χ4n) is 3.50. The fraction of sp³-hybridized carbons (Fsp3) is 0.611. The number of methoxy groups -OCH3 is 1. The van der Waals surface area contributed by atoms with E-state index >= 15 is 0 Å². The molecule has 1 aliphatic heterocycles. The van der Waals surface area contributed by atoms with Gasteiger partial charge in [0.15, 0.2) is 0 Å². The van der Waals surface area contributed by atoms with Gasteiger partial charge in [0.1, 0.15) is 0 Å². The number of carbonyl (C=O) groups is 1. The molecule has 25 heavy (non-hydrogen) atoms. The summed E-state index contributed by atoms with van der Waals surface area (Å²) in [6.45, 7) is 7.18. The van der Waals surface area contributed by atoms with Crippen molar-refractivity contribution in [2.24, 2.45) is 5.92 Å². The van der Waals surface area contributed by atoms with E-state index in [2.05, 4.69) is 5.32 Å². The van der Waals surface area contributed by atoms with Gasteiger partial charge < -0.3 is 10.1 Å². The lowest BCUT2D eigenvalue weighted by molar-refractivity contribution is -0.126. The molecule has 0 bridgehead atoms. The number of benzene rings is 1. The minimum atomic E-state index is -3.60. The summed E-state index contributed by atoms with van der Waals surface area (Å²) >= 11 is 0. The molecule has 1 saturated heterocycles. The third kappa shape index (κ3) is 4.59. The van der Waals surface area contributed by atoms with Crippen molar-refractivity contribution in [1.82, 2.24) is 9.62 Å². The first-order valence-corrected chi connectivity index (χ1v) is 10.1. The largest absolute Gasteiger partial charge is 0.383 e. The first kappa shape index (κ1) is 19.9. The monoisotopic (exact) mass is 368 g/mol. The maximum absolute atomic E-state index is 13.1. The number of amides is 1. The normalized spacial score (nSPS) is 19.0. The minimum absolute atomic E-state index is 0.102. The molecule has 1 fully saturated rings. The van der Waals surface area contributed by atoms with E-state index in [1.807, 2.05) is 32.9 Å². The van der Waals surface area contributed by atoms with Crippen LogP contribution in [-0.2, 0) is 19.6 Å². The summed E-state index contributed by atoms with van der Waals surface area (Å²) in [6, 6.07) is 3.78. The Kier molecular flexibility index (Phi) is 6.59. The molecular formula is C18H28N2O4S. The molecule has 1 amide bonds. The number of nitrogens with one attached hydrogen (secondary N) is 1. The second-order valence-corrected chi connectivity index (χ2v) is 8.59. The van der Waals surface area contributed by atoms with Crippen LogP contribution < -0.4 is 5.32 Å². The molecule has 0 aromatic heterocycles. The molecule has 1 aliphatic rings. The van der Waals surface area contributed by atoms with Crippen LogP contribution in [-0.4, -0.2) is 52.0 Å². The highest BCUT2D eigenvalue weighted by molar-refractivity contribution is 7.89. The standard InChI is InChI=1S/C18H28N2O4S/c1-13-10-14(2)17(15(3)11-13)25(22,23)20-8-5-6-16(12-20)18(21)19-7-9-24-4/h10-11,16H,5-9,12H2,1-4H3,(H,19,21)/t16-/m1/s1. The first-order valence-electron chi connectivity index (χ1n) is 8.62. The molecule has 7 heteroatoms. The maximum atomic E-state index is 13.1. The average Bonchev–Trinajstić information content (AvgIpc) is 2.54. The molecule has 0 aliphatic carbocycles. The van der Waals surface area contributed by atoms with E-state index in [-0.39, 0.29) is 18.4 Å². The minimum Gasteiger partial charge on any atom is -0.383 e. The predicted octanol–water partition coefficient (Wildman–Crippen LogP) is 1.78. The summed E-state index contributed by atoms with van der Waals surface area (Å²) in [4.78, 5) is 12.6. The number of nitrogens with zero attached hydrogens (tertiary/aromatic N) is 1. The van der Waals surface area contributed by atoms with Gasteiger partial charge in [-0.1, -0.05) is 17.7 Å². The van der Waals surface area contributed by atoms with E-state index in [4.69, 9.17) is 4.74 Å². The van der Waals surface area contributed by atoms with Crippen molar-refractivity contribution in [3.63, 3.8) is 0 Å². The third-order valence-electron chi connectivity index (χ3n) is 4.56.